The molecule has 266 valence electrons. The van der Waals surface area contributed by atoms with Gasteiger partial charge in [-0.05, 0) is 107 Å². The molecule has 1 aliphatic carbocycles. The van der Waals surface area contributed by atoms with Crippen LogP contribution >= 0.6 is 22.7 Å². The van der Waals surface area contributed by atoms with Crippen molar-refractivity contribution in [3.05, 3.63) is 131 Å². The summed E-state index contributed by atoms with van der Waals surface area (Å²) in [6.45, 7) is 0. The maximum atomic E-state index is 13.8. The number of alkyl halides is 6. The lowest BCUT2D eigenvalue weighted by Crippen LogP contribution is -2.03. The van der Waals surface area contributed by atoms with E-state index in [9.17, 15) is 31.1 Å². The predicted molar refractivity (Wildman–Crippen MR) is 189 cm³/mol. The first kappa shape index (κ1) is 33.6. The van der Waals surface area contributed by atoms with Gasteiger partial charge in [0.2, 0.25) is 11.8 Å². The number of aromatic nitrogens is 4. The van der Waals surface area contributed by atoms with Gasteiger partial charge in [-0.15, -0.1) is 43.1 Å². The van der Waals surface area contributed by atoms with E-state index >= 15 is 0 Å². The minimum Gasteiger partial charge on any atom is -0.415 e. The van der Waals surface area contributed by atoms with E-state index in [2.05, 4.69) is 20.4 Å². The molecule has 0 radical (unpaired) electrons. The van der Waals surface area contributed by atoms with Gasteiger partial charge in [0.1, 0.15) is 0 Å². The van der Waals surface area contributed by atoms with Gasteiger partial charge in [0.15, 0.2) is 5.78 Å². The van der Waals surface area contributed by atoms with Crippen molar-refractivity contribution < 1.29 is 40.0 Å². The van der Waals surface area contributed by atoms with Gasteiger partial charge in [0.05, 0.1) is 20.9 Å². The highest BCUT2D eigenvalue weighted by Gasteiger charge is 2.32. The molecule has 15 heteroatoms. The molecule has 0 saturated heterocycles. The number of hydrogen-bond acceptors (Lipinski definition) is 9. The second kappa shape index (κ2) is 12.5. The van der Waals surface area contributed by atoms with Crippen LogP contribution in [0.4, 0.5) is 26.3 Å². The van der Waals surface area contributed by atoms with Crippen LogP contribution in [0.2, 0.25) is 0 Å². The smallest absolute Gasteiger partial charge is 0.415 e. The van der Waals surface area contributed by atoms with Gasteiger partial charge < -0.3 is 8.83 Å². The average molecular weight is 769 g/mol. The van der Waals surface area contributed by atoms with E-state index in [1.807, 2.05) is 48.5 Å². The van der Waals surface area contributed by atoms with Crippen molar-refractivity contribution in [2.75, 3.05) is 0 Å². The molecule has 0 spiro atoms. The lowest BCUT2D eigenvalue weighted by molar-refractivity contribution is -0.138. The van der Waals surface area contributed by atoms with Crippen LogP contribution in [0, 0.1) is 0 Å². The zero-order chi connectivity index (χ0) is 37.4. The number of carbonyl (C=O) groups is 1. The summed E-state index contributed by atoms with van der Waals surface area (Å²) in [5.74, 6) is 0.497. The molecular weight excluding hydrogens is 751 g/mol. The Morgan fingerprint density at radius 1 is 0.407 bits per heavy atom. The lowest BCUT2D eigenvalue weighted by atomic mass is 10.0. The normalized spacial score (nSPS) is 12.7. The number of fused-ring (bicyclic) bond motifs is 3. The number of ketones is 1. The maximum absolute atomic E-state index is 13.8. The van der Waals surface area contributed by atoms with Crippen LogP contribution in [-0.2, 0) is 12.4 Å². The lowest BCUT2D eigenvalue weighted by Gasteiger charge is -2.05. The van der Waals surface area contributed by atoms with Crippen LogP contribution in [0.25, 0.3) is 76.5 Å². The highest BCUT2D eigenvalue weighted by atomic mass is 32.1. The number of rotatable bonds is 6. The van der Waals surface area contributed by atoms with Crippen molar-refractivity contribution in [1.29, 1.82) is 0 Å². The topological polar surface area (TPSA) is 94.9 Å². The summed E-state index contributed by atoms with van der Waals surface area (Å²) in [5.41, 5.74) is 3.54. The molecule has 0 saturated carbocycles. The van der Waals surface area contributed by atoms with E-state index in [4.69, 9.17) is 8.83 Å². The predicted octanol–water partition coefficient (Wildman–Crippen LogP) is 11.8. The molecule has 0 atom stereocenters. The second-order valence-corrected chi connectivity index (χ2v) is 14.3. The quantitative estimate of drug-likeness (QED) is 0.155. The Kier molecular flexibility index (Phi) is 7.76. The van der Waals surface area contributed by atoms with Crippen molar-refractivity contribution in [2.24, 2.45) is 0 Å². The summed E-state index contributed by atoms with van der Waals surface area (Å²) >= 11 is 2.75. The van der Waals surface area contributed by atoms with E-state index in [-0.39, 0.29) is 29.3 Å². The molecule has 4 heterocycles. The van der Waals surface area contributed by atoms with Gasteiger partial charge in [-0.2, -0.15) is 26.3 Å². The Bertz CT molecular complexity index is 2540. The van der Waals surface area contributed by atoms with Crippen molar-refractivity contribution in [3.8, 4) is 76.5 Å². The fraction of sp³-hybridized carbons (Fsp3) is 0.0513. The third-order valence-electron chi connectivity index (χ3n) is 8.79. The van der Waals surface area contributed by atoms with Crippen molar-refractivity contribution in [1.82, 2.24) is 20.4 Å². The molecule has 0 bridgehead atoms. The largest absolute Gasteiger partial charge is 0.416 e. The average Bonchev–Trinajstić information content (AvgIpc) is 4.01. The summed E-state index contributed by atoms with van der Waals surface area (Å²) in [6, 6.07) is 27.7. The maximum Gasteiger partial charge on any atom is 0.416 e. The number of halogens is 6. The number of hydrogen-bond donors (Lipinski definition) is 0. The Balaban J connectivity index is 0.921. The van der Waals surface area contributed by atoms with Gasteiger partial charge in [-0.3, -0.25) is 4.79 Å². The molecule has 0 N–H and O–H groups in total. The molecule has 0 aliphatic heterocycles. The van der Waals surface area contributed by atoms with E-state index in [1.165, 1.54) is 46.9 Å². The first-order chi connectivity index (χ1) is 25.9. The zero-order valence-corrected chi connectivity index (χ0v) is 28.6. The first-order valence-electron chi connectivity index (χ1n) is 16.0. The Labute approximate surface area is 308 Å². The Hall–Kier alpha value is -6.19. The summed E-state index contributed by atoms with van der Waals surface area (Å²) in [7, 11) is 0. The number of nitrogens with zero attached hydrogens (tertiary/aromatic N) is 4. The van der Waals surface area contributed by atoms with Gasteiger partial charge in [0, 0.05) is 32.0 Å². The van der Waals surface area contributed by atoms with Crippen LogP contribution < -0.4 is 0 Å². The van der Waals surface area contributed by atoms with E-state index in [1.54, 1.807) is 12.1 Å². The molecule has 4 aromatic carbocycles. The molecular formula is C39H18F6N4O3S2. The molecule has 9 rings (SSSR count). The minimum atomic E-state index is -4.45. The number of carbonyl (C=O) groups excluding carboxylic acids is 1. The molecule has 4 aromatic heterocycles. The highest BCUT2D eigenvalue weighted by Crippen LogP contribution is 2.44. The standard InChI is InChI=1S/C39H18F6N4O3S2/c40-38(41,42)23-7-1-19(2-8-23)34-46-48-36(51-34)31-15-13-29(53-31)21-5-11-25-26-12-6-22(18-28(26)33(50)27(25)17-21)30-14-16-32(54-30)37-49-47-35(52-37)20-3-9-24(10-4-20)39(43,44)45/h1-18H. The Morgan fingerprint density at radius 2 is 0.759 bits per heavy atom. The minimum absolute atomic E-state index is 0.0909. The van der Waals surface area contributed by atoms with E-state index in [0.717, 1.165) is 56.3 Å². The van der Waals surface area contributed by atoms with Gasteiger partial charge in [-0.25, -0.2) is 0 Å². The SMILES string of the molecule is O=C1c2cc(-c3ccc(-c4nnc(-c5ccc(C(F)(F)F)cc5)o4)s3)ccc2-c2ccc(-c3ccc(-c4nnc(-c5ccc(C(F)(F)F)cc5)o4)s3)cc21. The summed E-state index contributed by atoms with van der Waals surface area (Å²) < 4.78 is 89.3. The van der Waals surface area contributed by atoms with E-state index < -0.39 is 23.5 Å². The van der Waals surface area contributed by atoms with E-state index in [0.29, 0.717) is 32.0 Å². The molecule has 1 aliphatic rings. The molecule has 0 amide bonds. The fourth-order valence-corrected chi connectivity index (χ4v) is 7.93. The molecule has 7 nitrogen and oxygen atoms in total. The number of thiophene rings is 2. The fourth-order valence-electron chi connectivity index (χ4n) is 6.08. The second-order valence-electron chi connectivity index (χ2n) is 12.2. The molecule has 0 fully saturated rings. The van der Waals surface area contributed by atoms with Gasteiger partial charge in [-0.1, -0.05) is 24.3 Å². The van der Waals surface area contributed by atoms with Crippen LogP contribution in [0.3, 0.4) is 0 Å². The highest BCUT2D eigenvalue weighted by molar-refractivity contribution is 7.19. The van der Waals surface area contributed by atoms with Crippen molar-refractivity contribution in [3.63, 3.8) is 0 Å². The van der Waals surface area contributed by atoms with Crippen LogP contribution in [0.5, 0.6) is 0 Å². The van der Waals surface area contributed by atoms with Crippen molar-refractivity contribution in [2.45, 2.75) is 12.4 Å². The summed E-state index contributed by atoms with van der Waals surface area (Å²) in [4.78, 5) is 16.8. The third-order valence-corrected chi connectivity index (χ3v) is 11.0. The van der Waals surface area contributed by atoms with Crippen LogP contribution in [0.1, 0.15) is 27.0 Å². The number of benzene rings is 4. The summed E-state index contributed by atoms with van der Waals surface area (Å²) in [5, 5.41) is 16.2. The van der Waals surface area contributed by atoms with Crippen LogP contribution in [0.15, 0.2) is 118 Å². The third kappa shape index (κ3) is 6.00. The van der Waals surface area contributed by atoms with Crippen LogP contribution in [-0.4, -0.2) is 26.2 Å². The zero-order valence-electron chi connectivity index (χ0n) is 27.0. The molecule has 0 unspecified atom stereocenters. The first-order valence-corrected chi connectivity index (χ1v) is 17.6. The van der Waals surface area contributed by atoms with Gasteiger partial charge >= 0.3 is 12.4 Å². The molecule has 8 aromatic rings. The Morgan fingerprint density at radius 3 is 1.15 bits per heavy atom. The van der Waals surface area contributed by atoms with Crippen molar-refractivity contribution >= 4 is 28.5 Å². The monoisotopic (exact) mass is 768 g/mol. The summed E-state index contributed by atoms with van der Waals surface area (Å²) in [6.07, 6.45) is -8.90. The van der Waals surface area contributed by atoms with Gasteiger partial charge in [0.25, 0.3) is 11.8 Å². The molecule has 54 heavy (non-hydrogen) atoms.